The summed E-state index contributed by atoms with van der Waals surface area (Å²) < 4.78 is 0. The van der Waals surface area contributed by atoms with E-state index in [0.717, 1.165) is 30.2 Å². The fourth-order valence-corrected chi connectivity index (χ4v) is 2.64. The molecule has 0 aliphatic rings. The lowest BCUT2D eigenvalue weighted by Gasteiger charge is -2.05. The van der Waals surface area contributed by atoms with E-state index in [1.807, 2.05) is 24.8 Å². The van der Waals surface area contributed by atoms with Crippen molar-refractivity contribution in [2.45, 2.75) is 25.3 Å². The van der Waals surface area contributed by atoms with E-state index in [2.05, 4.69) is 46.7 Å². The summed E-state index contributed by atoms with van der Waals surface area (Å²) in [6.45, 7) is 6.00. The lowest BCUT2D eigenvalue weighted by atomic mass is 10.2. The first-order chi connectivity index (χ1) is 8.77. The van der Waals surface area contributed by atoms with Gasteiger partial charge in [0.2, 0.25) is 0 Å². The number of aromatic nitrogens is 2. The Kier molecular flexibility index (Phi) is 4.84. The Hall–Kier alpha value is -1.26. The molecule has 0 aliphatic heterocycles. The van der Waals surface area contributed by atoms with Gasteiger partial charge in [0.25, 0.3) is 0 Å². The van der Waals surface area contributed by atoms with Gasteiger partial charge in [-0.05, 0) is 26.0 Å². The molecule has 0 spiro atoms. The van der Waals surface area contributed by atoms with Crippen LogP contribution in [0.5, 0.6) is 0 Å². The molecule has 96 valence electrons. The summed E-state index contributed by atoms with van der Waals surface area (Å²) in [4.78, 5) is 1.33. The number of benzene rings is 1. The smallest absolute Gasteiger partial charge is 0.0638 e. The monoisotopic (exact) mass is 261 g/mol. The molecule has 0 unspecified atom stereocenters. The predicted octanol–water partition coefficient (Wildman–Crippen LogP) is 2.91. The molecule has 0 bridgehead atoms. The van der Waals surface area contributed by atoms with Crippen molar-refractivity contribution in [3.8, 4) is 0 Å². The van der Waals surface area contributed by atoms with E-state index < -0.39 is 0 Å². The van der Waals surface area contributed by atoms with Crippen LogP contribution >= 0.6 is 11.8 Å². The molecule has 2 rings (SSSR count). The number of hydrogen-bond donors (Lipinski definition) is 2. The maximum absolute atomic E-state index is 4.19. The summed E-state index contributed by atoms with van der Waals surface area (Å²) in [5.74, 6) is 1.08. The molecule has 3 nitrogen and oxygen atoms in total. The Morgan fingerprint density at radius 2 is 2.00 bits per heavy atom. The molecule has 0 radical (unpaired) electrons. The minimum Gasteiger partial charge on any atom is -0.312 e. The van der Waals surface area contributed by atoms with Gasteiger partial charge in [0.05, 0.1) is 5.69 Å². The van der Waals surface area contributed by atoms with E-state index >= 15 is 0 Å². The second kappa shape index (κ2) is 6.61. The van der Waals surface area contributed by atoms with Crippen molar-refractivity contribution >= 4 is 11.8 Å². The maximum Gasteiger partial charge on any atom is 0.0638 e. The summed E-state index contributed by atoms with van der Waals surface area (Å²) in [5.41, 5.74) is 3.55. The first-order valence-electron chi connectivity index (χ1n) is 6.16. The Morgan fingerprint density at radius 1 is 1.22 bits per heavy atom. The number of nitrogens with zero attached hydrogens (tertiary/aromatic N) is 1. The standard InChI is InChI=1S/C14H19N3S/c1-11-14(12(2)17-16-11)10-15-8-9-18-13-6-4-3-5-7-13/h3-7,15H,8-10H2,1-2H3,(H,16,17). The van der Waals surface area contributed by atoms with Crippen LogP contribution in [0.4, 0.5) is 0 Å². The van der Waals surface area contributed by atoms with Crippen LogP contribution in [0.3, 0.4) is 0 Å². The van der Waals surface area contributed by atoms with Gasteiger partial charge in [0, 0.05) is 35.0 Å². The van der Waals surface area contributed by atoms with Crippen LogP contribution in [-0.2, 0) is 6.54 Å². The molecule has 2 N–H and O–H groups in total. The van der Waals surface area contributed by atoms with E-state index in [4.69, 9.17) is 0 Å². The minimum absolute atomic E-state index is 0.892. The van der Waals surface area contributed by atoms with Crippen molar-refractivity contribution < 1.29 is 0 Å². The molecule has 1 aromatic carbocycles. The Balaban J connectivity index is 1.68. The molecule has 1 heterocycles. The highest BCUT2D eigenvalue weighted by Crippen LogP contribution is 2.16. The molecule has 0 fully saturated rings. The van der Waals surface area contributed by atoms with Gasteiger partial charge in [0.15, 0.2) is 0 Å². The van der Waals surface area contributed by atoms with E-state index in [-0.39, 0.29) is 0 Å². The van der Waals surface area contributed by atoms with Crippen molar-refractivity contribution in [1.82, 2.24) is 15.5 Å². The zero-order valence-corrected chi connectivity index (χ0v) is 11.7. The molecule has 0 amide bonds. The molecule has 0 aliphatic carbocycles. The van der Waals surface area contributed by atoms with Gasteiger partial charge in [-0.3, -0.25) is 5.10 Å². The fraction of sp³-hybridized carbons (Fsp3) is 0.357. The topological polar surface area (TPSA) is 40.7 Å². The van der Waals surface area contributed by atoms with Crippen molar-refractivity contribution in [1.29, 1.82) is 0 Å². The van der Waals surface area contributed by atoms with Gasteiger partial charge in [-0.25, -0.2) is 0 Å². The van der Waals surface area contributed by atoms with E-state index in [1.165, 1.54) is 10.5 Å². The third-order valence-corrected chi connectivity index (χ3v) is 3.89. The van der Waals surface area contributed by atoms with E-state index in [1.54, 1.807) is 0 Å². The molecule has 0 saturated carbocycles. The first-order valence-corrected chi connectivity index (χ1v) is 7.15. The van der Waals surface area contributed by atoms with Crippen LogP contribution < -0.4 is 5.32 Å². The summed E-state index contributed by atoms with van der Waals surface area (Å²) in [7, 11) is 0. The Morgan fingerprint density at radius 3 is 2.67 bits per heavy atom. The normalized spacial score (nSPS) is 10.8. The SMILES string of the molecule is Cc1n[nH]c(C)c1CNCCSc1ccccc1. The summed E-state index contributed by atoms with van der Waals surface area (Å²) in [6, 6.07) is 10.5. The molecular formula is C14H19N3S. The fourth-order valence-electron chi connectivity index (χ4n) is 1.81. The zero-order chi connectivity index (χ0) is 12.8. The van der Waals surface area contributed by atoms with Crippen LogP contribution in [0.1, 0.15) is 17.0 Å². The number of thioether (sulfide) groups is 1. The highest BCUT2D eigenvalue weighted by Gasteiger charge is 2.04. The van der Waals surface area contributed by atoms with Crippen LogP contribution in [0.25, 0.3) is 0 Å². The van der Waals surface area contributed by atoms with Crippen LogP contribution in [0, 0.1) is 13.8 Å². The highest BCUT2D eigenvalue weighted by molar-refractivity contribution is 7.99. The Labute approximate surface area is 112 Å². The molecule has 0 atom stereocenters. The Bertz CT molecular complexity index is 460. The second-order valence-corrected chi connectivity index (χ2v) is 5.42. The van der Waals surface area contributed by atoms with Gasteiger partial charge in [-0.15, -0.1) is 11.8 Å². The quantitative estimate of drug-likeness (QED) is 0.620. The van der Waals surface area contributed by atoms with Gasteiger partial charge in [-0.1, -0.05) is 18.2 Å². The molecule has 4 heteroatoms. The zero-order valence-electron chi connectivity index (χ0n) is 10.9. The van der Waals surface area contributed by atoms with Gasteiger partial charge in [0.1, 0.15) is 0 Å². The molecular weight excluding hydrogens is 242 g/mol. The number of nitrogens with one attached hydrogen (secondary N) is 2. The van der Waals surface area contributed by atoms with Crippen LogP contribution in [0.2, 0.25) is 0 Å². The van der Waals surface area contributed by atoms with Gasteiger partial charge in [-0.2, -0.15) is 5.10 Å². The maximum atomic E-state index is 4.19. The third kappa shape index (κ3) is 3.62. The number of H-pyrrole nitrogens is 1. The van der Waals surface area contributed by atoms with E-state index in [0.29, 0.717) is 0 Å². The lowest BCUT2D eigenvalue weighted by Crippen LogP contribution is -2.17. The molecule has 1 aromatic heterocycles. The van der Waals surface area contributed by atoms with Crippen LogP contribution in [0.15, 0.2) is 35.2 Å². The number of aromatic amines is 1. The highest BCUT2D eigenvalue weighted by atomic mass is 32.2. The van der Waals surface area contributed by atoms with Gasteiger partial charge >= 0.3 is 0 Å². The number of rotatable bonds is 6. The lowest BCUT2D eigenvalue weighted by molar-refractivity contribution is 0.725. The average molecular weight is 261 g/mol. The van der Waals surface area contributed by atoms with Crippen molar-refractivity contribution in [2.24, 2.45) is 0 Å². The number of hydrogen-bond acceptors (Lipinski definition) is 3. The molecule has 2 aromatic rings. The molecule has 18 heavy (non-hydrogen) atoms. The van der Waals surface area contributed by atoms with Crippen LogP contribution in [-0.4, -0.2) is 22.5 Å². The summed E-state index contributed by atoms with van der Waals surface area (Å²) >= 11 is 1.88. The summed E-state index contributed by atoms with van der Waals surface area (Å²) in [6.07, 6.45) is 0. The molecule has 0 saturated heterocycles. The second-order valence-electron chi connectivity index (χ2n) is 4.25. The van der Waals surface area contributed by atoms with Crippen molar-refractivity contribution in [3.63, 3.8) is 0 Å². The van der Waals surface area contributed by atoms with Gasteiger partial charge < -0.3 is 5.32 Å². The first kappa shape index (κ1) is 13.2. The van der Waals surface area contributed by atoms with Crippen molar-refractivity contribution in [2.75, 3.05) is 12.3 Å². The summed E-state index contributed by atoms with van der Waals surface area (Å²) in [5, 5.41) is 10.7. The average Bonchev–Trinajstić information content (AvgIpc) is 2.71. The largest absolute Gasteiger partial charge is 0.312 e. The minimum atomic E-state index is 0.892. The van der Waals surface area contributed by atoms with E-state index in [9.17, 15) is 0 Å². The predicted molar refractivity (Wildman–Crippen MR) is 76.9 cm³/mol. The van der Waals surface area contributed by atoms with Crippen molar-refractivity contribution in [3.05, 3.63) is 47.3 Å². The number of aryl methyl sites for hydroxylation is 2. The third-order valence-electron chi connectivity index (χ3n) is 2.87.